The largest absolute Gasteiger partial charge is 0.349 e. The molecular formula is C13H19NO. The van der Waals surface area contributed by atoms with E-state index in [-0.39, 0.29) is 11.9 Å². The molecule has 0 aliphatic rings. The van der Waals surface area contributed by atoms with Gasteiger partial charge >= 0.3 is 0 Å². The van der Waals surface area contributed by atoms with Crippen molar-refractivity contribution in [1.82, 2.24) is 5.32 Å². The zero-order valence-electron chi connectivity index (χ0n) is 9.71. The highest BCUT2D eigenvalue weighted by Crippen LogP contribution is 2.17. The Hall–Kier alpha value is -1.31. The Labute approximate surface area is 91.7 Å². The predicted octanol–water partition coefficient (Wildman–Crippen LogP) is 2.97. The Morgan fingerprint density at radius 2 is 1.87 bits per heavy atom. The normalized spacial score (nSPS) is 12.2. The highest BCUT2D eigenvalue weighted by Gasteiger charge is 2.10. The molecule has 0 saturated carbocycles. The van der Waals surface area contributed by atoms with Crippen molar-refractivity contribution >= 4 is 5.91 Å². The first kappa shape index (κ1) is 11.8. The minimum Gasteiger partial charge on any atom is -0.349 e. The number of benzene rings is 1. The van der Waals surface area contributed by atoms with E-state index in [4.69, 9.17) is 0 Å². The molecule has 2 heteroatoms. The van der Waals surface area contributed by atoms with Crippen molar-refractivity contribution in [2.24, 2.45) is 0 Å². The summed E-state index contributed by atoms with van der Waals surface area (Å²) in [5, 5.41) is 3.01. The SMILES string of the molecule is CCC(=O)NC(CC)c1ccc(C)cc1. The number of hydrogen-bond donors (Lipinski definition) is 1. The summed E-state index contributed by atoms with van der Waals surface area (Å²) in [7, 11) is 0. The molecule has 82 valence electrons. The molecule has 1 atom stereocenters. The predicted molar refractivity (Wildman–Crippen MR) is 62.6 cm³/mol. The molecule has 1 unspecified atom stereocenters. The van der Waals surface area contributed by atoms with E-state index in [1.807, 2.05) is 6.92 Å². The lowest BCUT2D eigenvalue weighted by Gasteiger charge is -2.17. The minimum atomic E-state index is 0.113. The van der Waals surface area contributed by atoms with Crippen molar-refractivity contribution in [3.63, 3.8) is 0 Å². The van der Waals surface area contributed by atoms with E-state index in [0.29, 0.717) is 6.42 Å². The van der Waals surface area contributed by atoms with Crippen LogP contribution in [0.2, 0.25) is 0 Å². The fourth-order valence-electron chi connectivity index (χ4n) is 1.52. The maximum absolute atomic E-state index is 11.3. The maximum Gasteiger partial charge on any atom is 0.220 e. The summed E-state index contributed by atoms with van der Waals surface area (Å²) < 4.78 is 0. The maximum atomic E-state index is 11.3. The first-order chi connectivity index (χ1) is 7.17. The number of amides is 1. The lowest BCUT2D eigenvalue weighted by molar-refractivity contribution is -0.121. The average Bonchev–Trinajstić information content (AvgIpc) is 2.27. The molecule has 0 aliphatic heterocycles. The van der Waals surface area contributed by atoms with Crippen molar-refractivity contribution in [2.45, 2.75) is 39.7 Å². The van der Waals surface area contributed by atoms with Gasteiger partial charge < -0.3 is 5.32 Å². The number of nitrogens with one attached hydrogen (secondary N) is 1. The molecule has 1 aromatic carbocycles. The van der Waals surface area contributed by atoms with Crippen LogP contribution in [0.15, 0.2) is 24.3 Å². The zero-order chi connectivity index (χ0) is 11.3. The van der Waals surface area contributed by atoms with Crippen LogP contribution >= 0.6 is 0 Å². The molecule has 0 aromatic heterocycles. The van der Waals surface area contributed by atoms with Crippen molar-refractivity contribution in [1.29, 1.82) is 0 Å². The quantitative estimate of drug-likeness (QED) is 0.804. The van der Waals surface area contributed by atoms with Crippen LogP contribution < -0.4 is 5.32 Å². The van der Waals surface area contributed by atoms with Crippen LogP contribution in [-0.4, -0.2) is 5.91 Å². The summed E-state index contributed by atoms with van der Waals surface area (Å²) in [5.74, 6) is 0.113. The molecule has 1 rings (SSSR count). The third kappa shape index (κ3) is 3.39. The van der Waals surface area contributed by atoms with Crippen LogP contribution in [-0.2, 0) is 4.79 Å². The molecule has 2 nitrogen and oxygen atoms in total. The fraction of sp³-hybridized carbons (Fsp3) is 0.462. The summed E-state index contributed by atoms with van der Waals surface area (Å²) >= 11 is 0. The second-order valence-electron chi connectivity index (χ2n) is 3.79. The minimum absolute atomic E-state index is 0.113. The van der Waals surface area contributed by atoms with Gasteiger partial charge in [0.1, 0.15) is 0 Å². The molecule has 0 heterocycles. The average molecular weight is 205 g/mol. The van der Waals surface area contributed by atoms with Gasteiger partial charge in [0.05, 0.1) is 6.04 Å². The van der Waals surface area contributed by atoms with E-state index >= 15 is 0 Å². The Morgan fingerprint density at radius 3 is 2.33 bits per heavy atom. The topological polar surface area (TPSA) is 29.1 Å². The second-order valence-corrected chi connectivity index (χ2v) is 3.79. The number of aryl methyl sites for hydroxylation is 1. The standard InChI is InChI=1S/C13H19NO/c1-4-12(14-13(15)5-2)11-8-6-10(3)7-9-11/h6-9,12H,4-5H2,1-3H3,(H,14,15). The number of rotatable bonds is 4. The number of hydrogen-bond acceptors (Lipinski definition) is 1. The van der Waals surface area contributed by atoms with Gasteiger partial charge in [0.15, 0.2) is 0 Å². The van der Waals surface area contributed by atoms with Gasteiger partial charge in [0.2, 0.25) is 5.91 Å². The van der Waals surface area contributed by atoms with Gasteiger partial charge in [0.25, 0.3) is 0 Å². The van der Waals surface area contributed by atoms with Gasteiger partial charge in [-0.3, -0.25) is 4.79 Å². The van der Waals surface area contributed by atoms with Crippen molar-refractivity contribution < 1.29 is 4.79 Å². The first-order valence-corrected chi connectivity index (χ1v) is 5.53. The molecule has 0 bridgehead atoms. The molecule has 1 amide bonds. The van der Waals surface area contributed by atoms with Crippen LogP contribution in [0.5, 0.6) is 0 Å². The van der Waals surface area contributed by atoms with E-state index < -0.39 is 0 Å². The molecular weight excluding hydrogens is 186 g/mol. The molecule has 0 fully saturated rings. The highest BCUT2D eigenvalue weighted by atomic mass is 16.1. The Balaban J connectivity index is 2.74. The Morgan fingerprint density at radius 1 is 1.27 bits per heavy atom. The second kappa shape index (κ2) is 5.54. The third-order valence-electron chi connectivity index (χ3n) is 2.54. The Bertz CT molecular complexity index is 316. The lowest BCUT2D eigenvalue weighted by atomic mass is 10.0. The van der Waals surface area contributed by atoms with Gasteiger partial charge in [-0.1, -0.05) is 43.7 Å². The van der Waals surface area contributed by atoms with Crippen LogP contribution in [0, 0.1) is 6.92 Å². The zero-order valence-corrected chi connectivity index (χ0v) is 9.71. The molecule has 0 saturated heterocycles. The summed E-state index contributed by atoms with van der Waals surface area (Å²) in [6.07, 6.45) is 1.47. The summed E-state index contributed by atoms with van der Waals surface area (Å²) in [6.45, 7) is 6.02. The number of carbonyl (C=O) groups is 1. The third-order valence-corrected chi connectivity index (χ3v) is 2.54. The van der Waals surface area contributed by atoms with Crippen molar-refractivity contribution in [3.8, 4) is 0 Å². The van der Waals surface area contributed by atoms with E-state index in [2.05, 4.69) is 43.4 Å². The monoisotopic (exact) mass is 205 g/mol. The van der Waals surface area contributed by atoms with Crippen LogP contribution in [0.3, 0.4) is 0 Å². The molecule has 0 spiro atoms. The van der Waals surface area contributed by atoms with Crippen LogP contribution in [0.4, 0.5) is 0 Å². The van der Waals surface area contributed by atoms with Gasteiger partial charge in [0, 0.05) is 6.42 Å². The fourth-order valence-corrected chi connectivity index (χ4v) is 1.52. The molecule has 1 N–H and O–H groups in total. The van der Waals surface area contributed by atoms with Gasteiger partial charge in [-0.05, 0) is 18.9 Å². The number of carbonyl (C=O) groups excluding carboxylic acids is 1. The van der Waals surface area contributed by atoms with Gasteiger partial charge in [-0.2, -0.15) is 0 Å². The summed E-state index contributed by atoms with van der Waals surface area (Å²) in [6, 6.07) is 8.48. The van der Waals surface area contributed by atoms with E-state index in [0.717, 1.165) is 6.42 Å². The summed E-state index contributed by atoms with van der Waals surface area (Å²) in [4.78, 5) is 11.3. The van der Waals surface area contributed by atoms with E-state index in [1.54, 1.807) is 0 Å². The Kier molecular flexibility index (Phi) is 4.35. The van der Waals surface area contributed by atoms with E-state index in [9.17, 15) is 4.79 Å². The summed E-state index contributed by atoms with van der Waals surface area (Å²) in [5.41, 5.74) is 2.43. The highest BCUT2D eigenvalue weighted by molar-refractivity contribution is 5.76. The molecule has 1 aromatic rings. The van der Waals surface area contributed by atoms with Crippen molar-refractivity contribution in [3.05, 3.63) is 35.4 Å². The van der Waals surface area contributed by atoms with Crippen molar-refractivity contribution in [2.75, 3.05) is 0 Å². The van der Waals surface area contributed by atoms with Gasteiger partial charge in [-0.25, -0.2) is 0 Å². The first-order valence-electron chi connectivity index (χ1n) is 5.53. The molecule has 15 heavy (non-hydrogen) atoms. The molecule has 0 aliphatic carbocycles. The van der Waals surface area contributed by atoms with E-state index in [1.165, 1.54) is 11.1 Å². The van der Waals surface area contributed by atoms with Crippen LogP contribution in [0.25, 0.3) is 0 Å². The van der Waals surface area contributed by atoms with Gasteiger partial charge in [-0.15, -0.1) is 0 Å². The lowest BCUT2D eigenvalue weighted by Crippen LogP contribution is -2.27. The molecule has 0 radical (unpaired) electrons. The van der Waals surface area contributed by atoms with Crippen LogP contribution in [0.1, 0.15) is 43.9 Å². The smallest absolute Gasteiger partial charge is 0.220 e.